The van der Waals surface area contributed by atoms with Crippen LogP contribution in [0.1, 0.15) is 27.2 Å². The summed E-state index contributed by atoms with van der Waals surface area (Å²) in [6, 6.07) is 0. The lowest BCUT2D eigenvalue weighted by molar-refractivity contribution is -0.0299. The van der Waals surface area contributed by atoms with Crippen molar-refractivity contribution in [2.24, 2.45) is 0 Å². The third-order valence-electron chi connectivity index (χ3n) is 1.72. The number of nitrogens with one attached hydrogen (secondary N) is 1. The molecule has 2 unspecified atom stereocenters. The van der Waals surface area contributed by atoms with Crippen LogP contribution in [0.15, 0.2) is 0 Å². The highest BCUT2D eigenvalue weighted by atomic mass is 16.5. The molecule has 0 rings (SSSR count). The van der Waals surface area contributed by atoms with Gasteiger partial charge in [-0.25, -0.2) is 0 Å². The van der Waals surface area contributed by atoms with Crippen molar-refractivity contribution in [2.45, 2.75) is 39.4 Å². The SMILES string of the molecule is CCCNCC(C)OC(C)COC. The topological polar surface area (TPSA) is 30.5 Å². The highest BCUT2D eigenvalue weighted by molar-refractivity contribution is 4.58. The van der Waals surface area contributed by atoms with E-state index in [1.165, 1.54) is 6.42 Å². The van der Waals surface area contributed by atoms with E-state index in [1.54, 1.807) is 7.11 Å². The molecule has 0 aliphatic carbocycles. The fourth-order valence-corrected chi connectivity index (χ4v) is 1.20. The maximum atomic E-state index is 5.65. The molecule has 0 heterocycles. The van der Waals surface area contributed by atoms with Gasteiger partial charge in [0.15, 0.2) is 0 Å². The van der Waals surface area contributed by atoms with Crippen molar-refractivity contribution in [2.75, 3.05) is 26.8 Å². The summed E-state index contributed by atoms with van der Waals surface area (Å²) in [6.07, 6.45) is 1.61. The molecule has 3 heteroatoms. The van der Waals surface area contributed by atoms with Gasteiger partial charge in [0.25, 0.3) is 0 Å². The zero-order valence-electron chi connectivity index (χ0n) is 9.30. The first kappa shape index (κ1) is 12.9. The van der Waals surface area contributed by atoms with Crippen molar-refractivity contribution in [1.82, 2.24) is 5.32 Å². The van der Waals surface area contributed by atoms with Gasteiger partial charge < -0.3 is 14.8 Å². The molecule has 80 valence electrons. The molecule has 0 amide bonds. The molecule has 0 aromatic heterocycles. The Labute approximate surface area is 81.8 Å². The zero-order valence-corrected chi connectivity index (χ0v) is 9.30. The monoisotopic (exact) mass is 189 g/mol. The molecule has 2 atom stereocenters. The summed E-state index contributed by atoms with van der Waals surface area (Å²) in [5.41, 5.74) is 0. The van der Waals surface area contributed by atoms with Gasteiger partial charge in [-0.3, -0.25) is 0 Å². The van der Waals surface area contributed by atoms with E-state index >= 15 is 0 Å². The Hall–Kier alpha value is -0.120. The fourth-order valence-electron chi connectivity index (χ4n) is 1.20. The molecular formula is C10H23NO2. The van der Waals surface area contributed by atoms with E-state index in [9.17, 15) is 0 Å². The number of rotatable bonds is 8. The van der Waals surface area contributed by atoms with Gasteiger partial charge in [-0.1, -0.05) is 6.92 Å². The van der Waals surface area contributed by atoms with E-state index in [1.807, 2.05) is 6.92 Å². The minimum Gasteiger partial charge on any atom is -0.382 e. The second-order valence-corrected chi connectivity index (χ2v) is 3.42. The first-order valence-corrected chi connectivity index (χ1v) is 5.05. The van der Waals surface area contributed by atoms with E-state index in [2.05, 4.69) is 19.2 Å². The molecule has 0 saturated heterocycles. The van der Waals surface area contributed by atoms with Crippen LogP contribution in [0.4, 0.5) is 0 Å². The van der Waals surface area contributed by atoms with Crippen LogP contribution in [0.5, 0.6) is 0 Å². The van der Waals surface area contributed by atoms with E-state index < -0.39 is 0 Å². The van der Waals surface area contributed by atoms with Crippen LogP contribution in [0.25, 0.3) is 0 Å². The molecule has 0 aromatic carbocycles. The first-order chi connectivity index (χ1) is 6.20. The Morgan fingerprint density at radius 1 is 1.23 bits per heavy atom. The summed E-state index contributed by atoms with van der Waals surface area (Å²) in [5.74, 6) is 0. The third kappa shape index (κ3) is 8.22. The number of ether oxygens (including phenoxy) is 2. The summed E-state index contributed by atoms with van der Waals surface area (Å²) >= 11 is 0. The van der Waals surface area contributed by atoms with Crippen LogP contribution in [-0.4, -0.2) is 39.0 Å². The minimum atomic E-state index is 0.184. The maximum absolute atomic E-state index is 5.65. The van der Waals surface area contributed by atoms with Crippen LogP contribution in [0, 0.1) is 0 Å². The second-order valence-electron chi connectivity index (χ2n) is 3.42. The van der Waals surface area contributed by atoms with Gasteiger partial charge in [0.1, 0.15) is 0 Å². The van der Waals surface area contributed by atoms with Crippen LogP contribution in [-0.2, 0) is 9.47 Å². The van der Waals surface area contributed by atoms with Crippen molar-refractivity contribution in [1.29, 1.82) is 0 Å². The van der Waals surface area contributed by atoms with Gasteiger partial charge in [0.2, 0.25) is 0 Å². The van der Waals surface area contributed by atoms with Gasteiger partial charge in [-0.2, -0.15) is 0 Å². The number of hydrogen-bond donors (Lipinski definition) is 1. The van der Waals surface area contributed by atoms with E-state index in [0.29, 0.717) is 6.61 Å². The van der Waals surface area contributed by atoms with Crippen molar-refractivity contribution in [3.8, 4) is 0 Å². The Kier molecular flexibility index (Phi) is 8.40. The summed E-state index contributed by atoms with van der Waals surface area (Å²) in [4.78, 5) is 0. The second kappa shape index (κ2) is 8.48. The molecule has 0 bridgehead atoms. The van der Waals surface area contributed by atoms with Gasteiger partial charge in [0.05, 0.1) is 18.8 Å². The third-order valence-corrected chi connectivity index (χ3v) is 1.72. The number of hydrogen-bond acceptors (Lipinski definition) is 3. The molecule has 3 nitrogen and oxygen atoms in total. The average Bonchev–Trinajstić information content (AvgIpc) is 2.05. The van der Waals surface area contributed by atoms with Gasteiger partial charge in [-0.15, -0.1) is 0 Å². The van der Waals surface area contributed by atoms with Crippen molar-refractivity contribution < 1.29 is 9.47 Å². The van der Waals surface area contributed by atoms with Gasteiger partial charge in [-0.05, 0) is 26.8 Å². The summed E-state index contributed by atoms with van der Waals surface area (Å²) in [6.45, 7) is 8.91. The maximum Gasteiger partial charge on any atom is 0.0784 e. The van der Waals surface area contributed by atoms with Crippen molar-refractivity contribution in [3.63, 3.8) is 0 Å². The molecular weight excluding hydrogens is 166 g/mol. The Morgan fingerprint density at radius 2 is 1.92 bits per heavy atom. The molecule has 0 saturated carbocycles. The van der Waals surface area contributed by atoms with Crippen molar-refractivity contribution >= 4 is 0 Å². The summed E-state index contributed by atoms with van der Waals surface area (Å²) in [7, 11) is 1.69. The Balaban J connectivity index is 3.32. The quantitative estimate of drug-likeness (QED) is 0.586. The van der Waals surface area contributed by atoms with Crippen LogP contribution < -0.4 is 5.32 Å². The van der Waals surface area contributed by atoms with Crippen molar-refractivity contribution in [3.05, 3.63) is 0 Å². The average molecular weight is 189 g/mol. The molecule has 0 aliphatic rings. The van der Waals surface area contributed by atoms with Gasteiger partial charge in [0, 0.05) is 13.7 Å². The molecule has 1 N–H and O–H groups in total. The highest BCUT2D eigenvalue weighted by Gasteiger charge is 2.07. The standard InChI is InChI=1S/C10H23NO2/c1-5-6-11-7-9(2)13-10(3)8-12-4/h9-11H,5-8H2,1-4H3. The lowest BCUT2D eigenvalue weighted by Gasteiger charge is -2.18. The lowest BCUT2D eigenvalue weighted by Crippen LogP contribution is -2.31. The smallest absolute Gasteiger partial charge is 0.0784 e. The highest BCUT2D eigenvalue weighted by Crippen LogP contribution is 1.97. The van der Waals surface area contributed by atoms with E-state index in [0.717, 1.165) is 13.1 Å². The fraction of sp³-hybridized carbons (Fsp3) is 1.00. The minimum absolute atomic E-state index is 0.184. The van der Waals surface area contributed by atoms with Crippen LogP contribution in [0.2, 0.25) is 0 Å². The Morgan fingerprint density at radius 3 is 2.46 bits per heavy atom. The molecule has 0 spiro atoms. The van der Waals surface area contributed by atoms with E-state index in [-0.39, 0.29) is 12.2 Å². The zero-order chi connectivity index (χ0) is 10.1. The molecule has 0 aromatic rings. The summed E-state index contributed by atoms with van der Waals surface area (Å²) < 4.78 is 10.6. The van der Waals surface area contributed by atoms with Crippen LogP contribution in [0.3, 0.4) is 0 Å². The van der Waals surface area contributed by atoms with Gasteiger partial charge >= 0.3 is 0 Å². The Bertz CT molecular complexity index is 109. The number of methoxy groups -OCH3 is 1. The van der Waals surface area contributed by atoms with E-state index in [4.69, 9.17) is 9.47 Å². The molecule has 13 heavy (non-hydrogen) atoms. The normalized spacial score (nSPS) is 15.7. The molecule has 0 radical (unpaired) electrons. The lowest BCUT2D eigenvalue weighted by atomic mass is 10.3. The molecule has 0 fully saturated rings. The largest absolute Gasteiger partial charge is 0.382 e. The predicted octanol–water partition coefficient (Wildman–Crippen LogP) is 1.43. The molecule has 0 aliphatic heterocycles. The first-order valence-electron chi connectivity index (χ1n) is 5.05. The predicted molar refractivity (Wildman–Crippen MR) is 55.0 cm³/mol. The van der Waals surface area contributed by atoms with Crippen LogP contribution >= 0.6 is 0 Å². The summed E-state index contributed by atoms with van der Waals surface area (Å²) in [5, 5.41) is 3.32.